The maximum Gasteiger partial charge on any atom is 0.241 e. The highest BCUT2D eigenvalue weighted by Crippen LogP contribution is 2.58. The zero-order valence-corrected chi connectivity index (χ0v) is 15.4. The highest BCUT2D eigenvalue weighted by Gasteiger charge is 2.64. The van der Waals surface area contributed by atoms with Crippen molar-refractivity contribution in [3.8, 4) is 5.75 Å². The van der Waals surface area contributed by atoms with E-state index in [9.17, 15) is 9.90 Å². The third-order valence-electron chi connectivity index (χ3n) is 5.53. The van der Waals surface area contributed by atoms with Gasteiger partial charge < -0.3 is 5.11 Å². The molecular weight excluding hydrogens is 364 g/mol. The van der Waals surface area contributed by atoms with E-state index in [1.165, 1.54) is 6.33 Å². The summed E-state index contributed by atoms with van der Waals surface area (Å²) < 4.78 is 0. The van der Waals surface area contributed by atoms with E-state index in [0.717, 1.165) is 11.1 Å². The van der Waals surface area contributed by atoms with Crippen LogP contribution >= 0.6 is 0 Å². The Kier molecular flexibility index (Phi) is 3.91. The Morgan fingerprint density at radius 2 is 1.45 bits per heavy atom. The number of para-hydroxylation sites is 1. The van der Waals surface area contributed by atoms with E-state index in [4.69, 9.17) is 0 Å². The summed E-state index contributed by atoms with van der Waals surface area (Å²) in [6, 6.07) is 26.7. The number of carbonyl (C=O) groups excluding carboxylic acids is 1. The van der Waals surface area contributed by atoms with Crippen molar-refractivity contribution >= 4 is 11.9 Å². The van der Waals surface area contributed by atoms with Crippen LogP contribution in [0.1, 0.15) is 22.6 Å². The number of phenols is 1. The molecule has 1 atom stereocenters. The molecule has 1 aromatic heterocycles. The molecule has 2 heterocycles. The highest BCUT2D eigenvalue weighted by atomic mass is 16.3. The first kappa shape index (κ1) is 17.2. The number of aromatic nitrogens is 3. The fraction of sp³-hybridized carbons (Fsp3) is 0.0870. The lowest BCUT2D eigenvalue weighted by atomic mass is 9.62. The van der Waals surface area contributed by atoms with Gasteiger partial charge in [-0.2, -0.15) is 10.1 Å². The molecule has 5 rings (SSSR count). The maximum absolute atomic E-state index is 13.5. The lowest BCUT2D eigenvalue weighted by Crippen LogP contribution is -2.68. The summed E-state index contributed by atoms with van der Waals surface area (Å²) in [6.45, 7) is 0. The molecule has 6 heteroatoms. The second-order valence-electron chi connectivity index (χ2n) is 6.97. The molecule has 0 aliphatic carbocycles. The number of nitrogens with one attached hydrogen (secondary N) is 1. The smallest absolute Gasteiger partial charge is 0.241 e. The molecule has 1 saturated heterocycles. The van der Waals surface area contributed by atoms with Gasteiger partial charge in [0.15, 0.2) is 0 Å². The molecule has 0 spiro atoms. The molecule has 29 heavy (non-hydrogen) atoms. The standard InChI is InChI=1S/C23H18N4O2/c28-19-14-8-7-13-18(19)20-21(29)27(22-24-15-25-26-22)23(20,16-9-3-1-4-10-16)17-11-5-2-6-12-17/h1-15,20,28H,(H,24,25,26). The summed E-state index contributed by atoms with van der Waals surface area (Å²) in [7, 11) is 0. The topological polar surface area (TPSA) is 82.1 Å². The number of amides is 1. The monoisotopic (exact) mass is 382 g/mol. The van der Waals surface area contributed by atoms with Gasteiger partial charge in [-0.25, -0.2) is 5.10 Å². The largest absolute Gasteiger partial charge is 0.508 e. The summed E-state index contributed by atoms with van der Waals surface area (Å²) in [4.78, 5) is 19.4. The van der Waals surface area contributed by atoms with Gasteiger partial charge in [-0.1, -0.05) is 78.9 Å². The number of anilines is 1. The molecule has 3 aromatic carbocycles. The molecule has 6 nitrogen and oxygen atoms in total. The van der Waals surface area contributed by atoms with Crippen LogP contribution in [-0.2, 0) is 10.3 Å². The molecular formula is C23H18N4O2. The summed E-state index contributed by atoms with van der Waals surface area (Å²) in [5, 5.41) is 17.4. The van der Waals surface area contributed by atoms with Crippen molar-refractivity contribution in [3.05, 3.63) is 108 Å². The molecule has 0 radical (unpaired) electrons. The zero-order chi connectivity index (χ0) is 19.8. The van der Waals surface area contributed by atoms with Gasteiger partial charge in [-0.15, -0.1) is 0 Å². The van der Waals surface area contributed by atoms with Crippen molar-refractivity contribution in [1.29, 1.82) is 0 Å². The van der Waals surface area contributed by atoms with Crippen LogP contribution in [0.5, 0.6) is 5.75 Å². The minimum absolute atomic E-state index is 0.0966. The summed E-state index contributed by atoms with van der Waals surface area (Å²) >= 11 is 0. The molecule has 2 N–H and O–H groups in total. The van der Waals surface area contributed by atoms with Crippen LogP contribution in [0.2, 0.25) is 0 Å². The molecule has 4 aromatic rings. The normalized spacial score (nSPS) is 17.7. The van der Waals surface area contributed by atoms with Crippen molar-refractivity contribution in [2.45, 2.75) is 11.5 Å². The first-order valence-corrected chi connectivity index (χ1v) is 9.33. The van der Waals surface area contributed by atoms with Crippen LogP contribution in [0.3, 0.4) is 0 Å². The lowest BCUT2D eigenvalue weighted by Gasteiger charge is -2.57. The van der Waals surface area contributed by atoms with Crippen LogP contribution in [0.4, 0.5) is 5.95 Å². The van der Waals surface area contributed by atoms with E-state index in [-0.39, 0.29) is 11.7 Å². The predicted octanol–water partition coefficient (Wildman–Crippen LogP) is 3.58. The van der Waals surface area contributed by atoms with E-state index in [0.29, 0.717) is 11.5 Å². The average molecular weight is 382 g/mol. The predicted molar refractivity (Wildman–Crippen MR) is 108 cm³/mol. The third kappa shape index (κ3) is 2.39. The first-order chi connectivity index (χ1) is 14.2. The second-order valence-corrected chi connectivity index (χ2v) is 6.97. The minimum atomic E-state index is -0.877. The van der Waals surface area contributed by atoms with Gasteiger partial charge in [0, 0.05) is 5.56 Å². The SMILES string of the molecule is O=C1C(c2ccccc2O)C(c2ccccc2)(c2ccccc2)N1c1ncn[nH]1. The molecule has 1 fully saturated rings. The molecule has 1 aliphatic heterocycles. The Morgan fingerprint density at radius 3 is 2.00 bits per heavy atom. The number of carbonyl (C=O) groups is 1. The van der Waals surface area contributed by atoms with Crippen molar-refractivity contribution in [1.82, 2.24) is 15.2 Å². The van der Waals surface area contributed by atoms with Crippen LogP contribution < -0.4 is 4.90 Å². The van der Waals surface area contributed by atoms with E-state index in [2.05, 4.69) is 15.2 Å². The van der Waals surface area contributed by atoms with Crippen LogP contribution in [0.15, 0.2) is 91.3 Å². The van der Waals surface area contributed by atoms with E-state index in [1.807, 2.05) is 66.7 Å². The Hall–Kier alpha value is -3.93. The Bertz CT molecular complexity index is 1100. The fourth-order valence-electron chi connectivity index (χ4n) is 4.36. The molecule has 1 unspecified atom stereocenters. The number of benzene rings is 3. The van der Waals surface area contributed by atoms with Crippen LogP contribution in [-0.4, -0.2) is 26.2 Å². The summed E-state index contributed by atoms with van der Waals surface area (Å²) in [5.74, 6) is -0.303. The minimum Gasteiger partial charge on any atom is -0.508 e. The number of H-pyrrole nitrogens is 1. The quantitative estimate of drug-likeness (QED) is 0.529. The van der Waals surface area contributed by atoms with Crippen molar-refractivity contribution in [3.63, 3.8) is 0 Å². The second kappa shape index (κ2) is 6.60. The van der Waals surface area contributed by atoms with Crippen molar-refractivity contribution in [2.75, 3.05) is 4.90 Å². The number of rotatable bonds is 4. The maximum atomic E-state index is 13.5. The van der Waals surface area contributed by atoms with Gasteiger partial charge in [0.05, 0.1) is 5.92 Å². The first-order valence-electron chi connectivity index (χ1n) is 9.33. The summed E-state index contributed by atoms with van der Waals surface area (Å²) in [6.07, 6.45) is 1.39. The highest BCUT2D eigenvalue weighted by molar-refractivity contribution is 6.09. The van der Waals surface area contributed by atoms with Crippen molar-refractivity contribution in [2.24, 2.45) is 0 Å². The van der Waals surface area contributed by atoms with E-state index < -0.39 is 11.5 Å². The van der Waals surface area contributed by atoms with Gasteiger partial charge in [-0.3, -0.25) is 9.69 Å². The lowest BCUT2D eigenvalue weighted by molar-refractivity contribution is -0.129. The Balaban J connectivity index is 1.84. The summed E-state index contributed by atoms with van der Waals surface area (Å²) in [5.41, 5.74) is 1.56. The van der Waals surface area contributed by atoms with Gasteiger partial charge in [0.1, 0.15) is 17.6 Å². The number of phenolic OH excluding ortho intramolecular Hbond substituents is 1. The van der Waals surface area contributed by atoms with Gasteiger partial charge in [0.2, 0.25) is 11.9 Å². The molecule has 142 valence electrons. The number of aromatic amines is 1. The number of β-lactam (4-membered cyclic amide) rings is 1. The number of nitrogens with zero attached hydrogens (tertiary/aromatic N) is 3. The molecule has 0 bridgehead atoms. The Labute approximate surface area is 167 Å². The molecule has 0 saturated carbocycles. The van der Waals surface area contributed by atoms with E-state index in [1.54, 1.807) is 23.1 Å². The van der Waals surface area contributed by atoms with Gasteiger partial charge >= 0.3 is 0 Å². The molecule has 1 aliphatic rings. The van der Waals surface area contributed by atoms with E-state index >= 15 is 0 Å². The number of aromatic hydroxyl groups is 1. The van der Waals surface area contributed by atoms with Gasteiger partial charge in [-0.05, 0) is 17.2 Å². The number of hydrogen-bond acceptors (Lipinski definition) is 4. The number of hydrogen-bond donors (Lipinski definition) is 2. The Morgan fingerprint density at radius 1 is 0.862 bits per heavy atom. The van der Waals surface area contributed by atoms with Crippen molar-refractivity contribution < 1.29 is 9.90 Å². The third-order valence-corrected chi connectivity index (χ3v) is 5.53. The average Bonchev–Trinajstić information content (AvgIpc) is 3.28. The fourth-order valence-corrected chi connectivity index (χ4v) is 4.36. The van der Waals surface area contributed by atoms with Crippen LogP contribution in [0.25, 0.3) is 0 Å². The van der Waals surface area contributed by atoms with Gasteiger partial charge in [0.25, 0.3) is 0 Å². The zero-order valence-electron chi connectivity index (χ0n) is 15.4. The molecule has 1 amide bonds. The van der Waals surface area contributed by atoms with Crippen LogP contribution in [0, 0.1) is 0 Å².